The van der Waals surface area contributed by atoms with Crippen molar-refractivity contribution in [2.75, 3.05) is 6.61 Å². The molecule has 0 atom stereocenters. The molecule has 0 radical (unpaired) electrons. The maximum atomic E-state index is 12.4. The molecule has 0 aliphatic rings. The molecule has 0 saturated heterocycles. The number of esters is 2. The van der Waals surface area contributed by atoms with E-state index in [1.807, 2.05) is 32.9 Å². The highest BCUT2D eigenvalue weighted by molar-refractivity contribution is 5.98. The van der Waals surface area contributed by atoms with Crippen molar-refractivity contribution in [1.82, 2.24) is 0 Å². The van der Waals surface area contributed by atoms with E-state index in [1.165, 1.54) is 0 Å². The number of rotatable bonds is 4. The van der Waals surface area contributed by atoms with Crippen molar-refractivity contribution in [3.8, 4) is 11.1 Å². The molecule has 2 aromatic carbocycles. The largest absolute Gasteiger partial charge is 0.462 e. The molecule has 4 nitrogen and oxygen atoms in total. The first-order valence-corrected chi connectivity index (χ1v) is 7.92. The third-order valence-corrected chi connectivity index (χ3v) is 3.25. The highest BCUT2D eigenvalue weighted by Crippen LogP contribution is 2.26. The molecular weight excluding hydrogens is 304 g/mol. The van der Waals surface area contributed by atoms with Gasteiger partial charge < -0.3 is 9.47 Å². The topological polar surface area (TPSA) is 52.6 Å². The Bertz CT molecular complexity index is 724. The molecule has 0 unspecified atom stereocenters. The lowest BCUT2D eigenvalue weighted by molar-refractivity contribution is 0.00702. The summed E-state index contributed by atoms with van der Waals surface area (Å²) in [6, 6.07) is 14.3. The van der Waals surface area contributed by atoms with Gasteiger partial charge in [0.15, 0.2) is 0 Å². The number of hydrogen-bond acceptors (Lipinski definition) is 4. The summed E-state index contributed by atoms with van der Waals surface area (Å²) >= 11 is 0. The van der Waals surface area contributed by atoms with Crippen LogP contribution in [0, 0.1) is 0 Å². The maximum Gasteiger partial charge on any atom is 0.339 e. The lowest BCUT2D eigenvalue weighted by Gasteiger charge is -2.20. The zero-order valence-electron chi connectivity index (χ0n) is 14.5. The summed E-state index contributed by atoms with van der Waals surface area (Å²) < 4.78 is 10.4. The molecule has 0 aromatic heterocycles. The third kappa shape index (κ3) is 4.44. The highest BCUT2D eigenvalue weighted by atomic mass is 16.6. The quantitative estimate of drug-likeness (QED) is 0.777. The van der Waals surface area contributed by atoms with E-state index in [0.29, 0.717) is 17.7 Å². The fourth-order valence-corrected chi connectivity index (χ4v) is 2.25. The van der Waals surface area contributed by atoms with Crippen LogP contribution in [-0.2, 0) is 9.47 Å². The third-order valence-electron chi connectivity index (χ3n) is 3.25. The lowest BCUT2D eigenvalue weighted by atomic mass is 9.98. The van der Waals surface area contributed by atoms with Crippen molar-refractivity contribution in [2.45, 2.75) is 33.3 Å². The summed E-state index contributed by atoms with van der Waals surface area (Å²) in [6.45, 7) is 7.61. The SMILES string of the molecule is CCOC(=O)c1ccc(-c2ccccc2C(=O)OC(C)(C)C)cc1. The van der Waals surface area contributed by atoms with Crippen LogP contribution in [0.3, 0.4) is 0 Å². The molecule has 0 N–H and O–H groups in total. The van der Waals surface area contributed by atoms with Crippen molar-refractivity contribution in [1.29, 1.82) is 0 Å². The second kappa shape index (κ2) is 7.30. The molecule has 0 spiro atoms. The number of benzene rings is 2. The Labute approximate surface area is 142 Å². The second-order valence-corrected chi connectivity index (χ2v) is 6.35. The van der Waals surface area contributed by atoms with Crippen LogP contribution in [0.4, 0.5) is 0 Å². The van der Waals surface area contributed by atoms with E-state index in [-0.39, 0.29) is 11.9 Å². The molecule has 2 aromatic rings. The Hall–Kier alpha value is -2.62. The Balaban J connectivity index is 2.33. The molecular formula is C20H22O4. The summed E-state index contributed by atoms with van der Waals surface area (Å²) in [5, 5.41) is 0. The van der Waals surface area contributed by atoms with E-state index < -0.39 is 5.60 Å². The first-order valence-electron chi connectivity index (χ1n) is 7.92. The second-order valence-electron chi connectivity index (χ2n) is 6.35. The molecule has 0 aliphatic heterocycles. The molecule has 24 heavy (non-hydrogen) atoms. The Morgan fingerprint density at radius 3 is 2.12 bits per heavy atom. The van der Waals surface area contributed by atoms with Gasteiger partial charge >= 0.3 is 11.9 Å². The number of ether oxygens (including phenoxy) is 2. The maximum absolute atomic E-state index is 12.4. The van der Waals surface area contributed by atoms with Gasteiger partial charge in [-0.3, -0.25) is 0 Å². The van der Waals surface area contributed by atoms with E-state index in [9.17, 15) is 9.59 Å². The van der Waals surface area contributed by atoms with Gasteiger partial charge in [-0.2, -0.15) is 0 Å². The van der Waals surface area contributed by atoms with Gasteiger partial charge in [-0.15, -0.1) is 0 Å². The minimum absolute atomic E-state index is 0.335. The van der Waals surface area contributed by atoms with Crippen molar-refractivity contribution >= 4 is 11.9 Å². The van der Waals surface area contributed by atoms with Gasteiger partial charge in [0.2, 0.25) is 0 Å². The van der Waals surface area contributed by atoms with Crippen molar-refractivity contribution in [3.05, 3.63) is 59.7 Å². The zero-order chi connectivity index (χ0) is 17.7. The fraction of sp³-hybridized carbons (Fsp3) is 0.300. The van der Waals surface area contributed by atoms with Gasteiger partial charge in [0.05, 0.1) is 17.7 Å². The van der Waals surface area contributed by atoms with Crippen molar-refractivity contribution in [2.24, 2.45) is 0 Å². The minimum atomic E-state index is -0.558. The number of carbonyl (C=O) groups is 2. The molecule has 126 valence electrons. The van der Waals surface area contributed by atoms with Crippen molar-refractivity contribution < 1.29 is 19.1 Å². The number of carbonyl (C=O) groups excluding carboxylic acids is 2. The van der Waals surface area contributed by atoms with Crippen LogP contribution in [0.15, 0.2) is 48.5 Å². The lowest BCUT2D eigenvalue weighted by Crippen LogP contribution is -2.24. The summed E-state index contributed by atoms with van der Waals surface area (Å²) in [7, 11) is 0. The van der Waals surface area contributed by atoms with E-state index in [2.05, 4.69) is 0 Å². The summed E-state index contributed by atoms with van der Waals surface area (Å²) in [5.41, 5.74) is 2.02. The summed E-state index contributed by atoms with van der Waals surface area (Å²) in [5.74, 6) is -0.725. The summed E-state index contributed by atoms with van der Waals surface area (Å²) in [6.07, 6.45) is 0. The van der Waals surface area contributed by atoms with Crippen LogP contribution in [0.25, 0.3) is 11.1 Å². The molecule has 0 bridgehead atoms. The van der Waals surface area contributed by atoms with Gasteiger partial charge in [0.25, 0.3) is 0 Å². The minimum Gasteiger partial charge on any atom is -0.462 e. The van der Waals surface area contributed by atoms with E-state index in [4.69, 9.17) is 9.47 Å². The van der Waals surface area contributed by atoms with Crippen LogP contribution in [0.2, 0.25) is 0 Å². The smallest absolute Gasteiger partial charge is 0.339 e. The highest BCUT2D eigenvalue weighted by Gasteiger charge is 2.20. The van der Waals surface area contributed by atoms with E-state index in [0.717, 1.165) is 11.1 Å². The molecule has 4 heteroatoms. The monoisotopic (exact) mass is 326 g/mol. The standard InChI is InChI=1S/C20H22O4/c1-5-23-18(21)15-12-10-14(11-13-15)16-8-6-7-9-17(16)19(22)24-20(2,3)4/h6-13H,5H2,1-4H3. The molecule has 2 rings (SSSR count). The Morgan fingerprint density at radius 1 is 0.917 bits per heavy atom. The van der Waals surface area contributed by atoms with Gasteiger partial charge in [0, 0.05) is 0 Å². The molecule has 0 saturated carbocycles. The molecule has 0 amide bonds. The Kier molecular flexibility index (Phi) is 5.39. The molecule has 0 heterocycles. The van der Waals surface area contributed by atoms with E-state index >= 15 is 0 Å². The fourth-order valence-electron chi connectivity index (χ4n) is 2.25. The van der Waals surface area contributed by atoms with Crippen LogP contribution >= 0.6 is 0 Å². The van der Waals surface area contributed by atoms with Crippen LogP contribution in [0.5, 0.6) is 0 Å². The van der Waals surface area contributed by atoms with Crippen LogP contribution in [0.1, 0.15) is 48.4 Å². The number of hydrogen-bond donors (Lipinski definition) is 0. The average Bonchev–Trinajstić information content (AvgIpc) is 2.53. The van der Waals surface area contributed by atoms with Crippen molar-refractivity contribution in [3.63, 3.8) is 0 Å². The molecule has 0 aliphatic carbocycles. The van der Waals surface area contributed by atoms with Gasteiger partial charge in [-0.25, -0.2) is 9.59 Å². The predicted octanol–water partition coefficient (Wildman–Crippen LogP) is 4.49. The summed E-state index contributed by atoms with van der Waals surface area (Å²) in [4.78, 5) is 24.1. The Morgan fingerprint density at radius 2 is 1.54 bits per heavy atom. The van der Waals surface area contributed by atoms with Crippen LogP contribution in [-0.4, -0.2) is 24.1 Å². The van der Waals surface area contributed by atoms with Crippen LogP contribution < -0.4 is 0 Å². The van der Waals surface area contributed by atoms with Gasteiger partial charge in [-0.05, 0) is 57.0 Å². The molecule has 0 fully saturated rings. The first kappa shape index (κ1) is 17.7. The first-order chi connectivity index (χ1) is 11.3. The predicted molar refractivity (Wildman–Crippen MR) is 93.0 cm³/mol. The van der Waals surface area contributed by atoms with Gasteiger partial charge in [-0.1, -0.05) is 30.3 Å². The normalized spacial score (nSPS) is 11.0. The van der Waals surface area contributed by atoms with Gasteiger partial charge in [0.1, 0.15) is 5.60 Å². The average molecular weight is 326 g/mol. The van der Waals surface area contributed by atoms with E-state index in [1.54, 1.807) is 43.3 Å². The zero-order valence-corrected chi connectivity index (χ0v) is 14.5.